The maximum atomic E-state index is 13.0. The summed E-state index contributed by atoms with van der Waals surface area (Å²) in [7, 11) is 0. The first kappa shape index (κ1) is 26.2. The van der Waals surface area contributed by atoms with Gasteiger partial charge in [0.05, 0.1) is 4.92 Å². The van der Waals surface area contributed by atoms with E-state index in [0.29, 0.717) is 43.3 Å². The Bertz CT molecular complexity index is 1120. The molecule has 12 nitrogen and oxygen atoms in total. The fourth-order valence-corrected chi connectivity index (χ4v) is 4.32. The molecule has 2 aliphatic heterocycles. The summed E-state index contributed by atoms with van der Waals surface area (Å²) in [5.41, 5.74) is 0.829. The van der Waals surface area contributed by atoms with Crippen LogP contribution in [0.25, 0.3) is 0 Å². The lowest BCUT2D eigenvalue weighted by Crippen LogP contribution is -2.39. The second-order valence-corrected chi connectivity index (χ2v) is 8.48. The fourth-order valence-electron chi connectivity index (χ4n) is 4.32. The number of carbonyl (C=O) groups is 1. The van der Waals surface area contributed by atoms with Crippen LogP contribution in [-0.4, -0.2) is 60.3 Å². The second kappa shape index (κ2) is 12.4. The minimum atomic E-state index is -0.667. The van der Waals surface area contributed by atoms with Crippen LogP contribution in [0.1, 0.15) is 31.2 Å². The Kier molecular flexibility index (Phi) is 8.75. The summed E-state index contributed by atoms with van der Waals surface area (Å²) < 4.78 is 22.8. The number of amides is 1. The summed E-state index contributed by atoms with van der Waals surface area (Å²) in [6, 6.07) is 8.54. The summed E-state index contributed by atoms with van der Waals surface area (Å²) in [6.45, 7) is 3.07. The van der Waals surface area contributed by atoms with E-state index in [1.54, 1.807) is 6.08 Å². The molecule has 1 amide bonds. The van der Waals surface area contributed by atoms with E-state index in [9.17, 15) is 20.0 Å². The molecular formula is C25H30N4O8. The first-order valence-electron chi connectivity index (χ1n) is 12.1. The number of pyridine rings is 1. The zero-order chi connectivity index (χ0) is 26.2. The maximum Gasteiger partial charge on any atom is 0.287 e. The number of ether oxygens (including phenoxy) is 4. The number of benzene rings is 1. The standard InChI is InChI=1S/C25H30N4O8/c1-2-34-25-18(4-3-11-30)19(16-5-7-20-21(12-16)36-15-35-20)13-22(37-25)24(31)27-10-9-26-23-8-6-17(14-28-23)29(32)33/h5-8,12-14,18-19,25,30H,2-4,9-11,15H2,1H3,(H,26,28)(H,27,31)/t18-,19-,25-/m0/s1. The van der Waals surface area contributed by atoms with E-state index in [1.165, 1.54) is 18.3 Å². The SMILES string of the molecule is CCO[C@H]1OC(C(=O)NCCNc2ccc([N+](=O)[O-])cn2)=C[C@@H](c2ccc3c(c2)OCO3)[C@@H]1CCCO. The minimum absolute atomic E-state index is 0.0386. The number of rotatable bonds is 12. The molecule has 0 unspecified atom stereocenters. The molecule has 3 atom stereocenters. The number of nitrogens with zero attached hydrogens (tertiary/aromatic N) is 2. The average Bonchev–Trinajstić information content (AvgIpc) is 3.38. The molecule has 0 aliphatic carbocycles. The van der Waals surface area contributed by atoms with E-state index >= 15 is 0 Å². The van der Waals surface area contributed by atoms with Crippen molar-refractivity contribution in [1.29, 1.82) is 0 Å². The highest BCUT2D eigenvalue weighted by Gasteiger charge is 2.38. The van der Waals surface area contributed by atoms with Crippen molar-refractivity contribution in [2.75, 3.05) is 38.4 Å². The Morgan fingerprint density at radius 2 is 2.08 bits per heavy atom. The van der Waals surface area contributed by atoms with Crippen molar-refractivity contribution in [2.24, 2.45) is 5.92 Å². The number of carbonyl (C=O) groups excluding carboxylic acids is 1. The molecule has 2 aromatic rings. The second-order valence-electron chi connectivity index (χ2n) is 8.48. The van der Waals surface area contributed by atoms with Crippen molar-refractivity contribution >= 4 is 17.4 Å². The predicted octanol–water partition coefficient (Wildman–Crippen LogP) is 2.70. The van der Waals surface area contributed by atoms with E-state index < -0.39 is 17.1 Å². The van der Waals surface area contributed by atoms with Crippen molar-refractivity contribution in [3.8, 4) is 11.5 Å². The Hall–Kier alpha value is -3.90. The zero-order valence-electron chi connectivity index (χ0n) is 20.4. The number of aromatic nitrogens is 1. The largest absolute Gasteiger partial charge is 0.459 e. The van der Waals surface area contributed by atoms with Gasteiger partial charge < -0.3 is 34.7 Å². The van der Waals surface area contributed by atoms with E-state index in [1.807, 2.05) is 25.1 Å². The molecule has 3 heterocycles. The highest BCUT2D eigenvalue weighted by molar-refractivity contribution is 5.91. The highest BCUT2D eigenvalue weighted by atomic mass is 16.7. The fraction of sp³-hybridized carbons (Fsp3) is 0.440. The first-order valence-corrected chi connectivity index (χ1v) is 12.1. The van der Waals surface area contributed by atoms with E-state index in [4.69, 9.17) is 18.9 Å². The Labute approximate surface area is 213 Å². The summed E-state index contributed by atoms with van der Waals surface area (Å²) >= 11 is 0. The van der Waals surface area contributed by atoms with E-state index in [2.05, 4.69) is 15.6 Å². The number of allylic oxidation sites excluding steroid dienone is 1. The van der Waals surface area contributed by atoms with Gasteiger partial charge in [-0.15, -0.1) is 0 Å². The number of hydrogen-bond acceptors (Lipinski definition) is 10. The smallest absolute Gasteiger partial charge is 0.287 e. The van der Waals surface area contributed by atoms with Crippen molar-refractivity contribution in [1.82, 2.24) is 10.3 Å². The van der Waals surface area contributed by atoms with Crippen LogP contribution in [0.3, 0.4) is 0 Å². The van der Waals surface area contributed by atoms with Gasteiger partial charge in [-0.1, -0.05) is 6.07 Å². The van der Waals surface area contributed by atoms with Gasteiger partial charge in [0.2, 0.25) is 13.1 Å². The molecule has 4 rings (SSSR count). The molecule has 2 aliphatic rings. The molecule has 198 valence electrons. The van der Waals surface area contributed by atoms with Crippen molar-refractivity contribution in [3.63, 3.8) is 0 Å². The number of nitrogens with one attached hydrogen (secondary N) is 2. The molecule has 0 saturated carbocycles. The normalized spacial score (nSPS) is 20.1. The van der Waals surface area contributed by atoms with Crippen LogP contribution in [0.2, 0.25) is 0 Å². The van der Waals surface area contributed by atoms with Gasteiger partial charge in [-0.3, -0.25) is 14.9 Å². The van der Waals surface area contributed by atoms with Crippen LogP contribution >= 0.6 is 0 Å². The quantitative estimate of drug-likeness (QED) is 0.219. The van der Waals surface area contributed by atoms with Crippen LogP contribution in [0.5, 0.6) is 11.5 Å². The Morgan fingerprint density at radius 3 is 2.81 bits per heavy atom. The van der Waals surface area contributed by atoms with Crippen LogP contribution in [0, 0.1) is 16.0 Å². The zero-order valence-corrected chi connectivity index (χ0v) is 20.4. The molecular weight excluding hydrogens is 484 g/mol. The van der Waals surface area contributed by atoms with Gasteiger partial charge in [0.1, 0.15) is 12.0 Å². The van der Waals surface area contributed by atoms with Gasteiger partial charge in [0.25, 0.3) is 11.6 Å². The van der Waals surface area contributed by atoms with Gasteiger partial charge in [0, 0.05) is 44.2 Å². The number of anilines is 1. The van der Waals surface area contributed by atoms with Crippen molar-refractivity contribution < 1.29 is 33.8 Å². The number of hydrogen-bond donors (Lipinski definition) is 3. The number of aliphatic hydroxyl groups is 1. The van der Waals surface area contributed by atoms with Gasteiger partial charge in [-0.05, 0) is 49.6 Å². The lowest BCUT2D eigenvalue weighted by molar-refractivity contribution is -0.385. The Morgan fingerprint density at radius 1 is 1.24 bits per heavy atom. The number of fused-ring (bicyclic) bond motifs is 1. The van der Waals surface area contributed by atoms with Crippen molar-refractivity contribution in [3.05, 3.63) is 64.0 Å². The molecule has 0 radical (unpaired) electrons. The third kappa shape index (κ3) is 6.46. The van der Waals surface area contributed by atoms with Crippen LogP contribution < -0.4 is 20.1 Å². The number of aliphatic hydroxyl groups excluding tert-OH is 1. The van der Waals surface area contributed by atoms with Crippen LogP contribution in [0.4, 0.5) is 11.5 Å². The van der Waals surface area contributed by atoms with Gasteiger partial charge in [-0.2, -0.15) is 0 Å². The molecule has 37 heavy (non-hydrogen) atoms. The molecule has 0 saturated heterocycles. The van der Waals surface area contributed by atoms with Crippen LogP contribution in [-0.2, 0) is 14.3 Å². The predicted molar refractivity (Wildman–Crippen MR) is 132 cm³/mol. The lowest BCUT2D eigenvalue weighted by Gasteiger charge is -2.37. The minimum Gasteiger partial charge on any atom is -0.459 e. The summed E-state index contributed by atoms with van der Waals surface area (Å²) in [6.07, 6.45) is 3.49. The van der Waals surface area contributed by atoms with E-state index in [0.717, 1.165) is 5.56 Å². The monoisotopic (exact) mass is 514 g/mol. The van der Waals surface area contributed by atoms with Gasteiger partial charge >= 0.3 is 0 Å². The highest BCUT2D eigenvalue weighted by Crippen LogP contribution is 2.42. The summed E-state index contributed by atoms with van der Waals surface area (Å²) in [5.74, 6) is 1.18. The summed E-state index contributed by atoms with van der Waals surface area (Å²) in [4.78, 5) is 27.2. The van der Waals surface area contributed by atoms with Gasteiger partial charge in [0.15, 0.2) is 17.3 Å². The third-order valence-electron chi connectivity index (χ3n) is 6.09. The molecule has 0 spiro atoms. The maximum absolute atomic E-state index is 13.0. The molecule has 3 N–H and O–H groups in total. The first-order chi connectivity index (χ1) is 18.0. The lowest BCUT2D eigenvalue weighted by atomic mass is 9.80. The molecule has 1 aromatic heterocycles. The van der Waals surface area contributed by atoms with Gasteiger partial charge in [-0.25, -0.2) is 4.98 Å². The average molecular weight is 515 g/mol. The third-order valence-corrected chi connectivity index (χ3v) is 6.09. The molecule has 1 aromatic carbocycles. The Balaban J connectivity index is 1.45. The summed E-state index contributed by atoms with van der Waals surface area (Å²) in [5, 5.41) is 26.0. The van der Waals surface area contributed by atoms with Crippen molar-refractivity contribution in [2.45, 2.75) is 32.0 Å². The van der Waals surface area contributed by atoms with E-state index in [-0.39, 0.29) is 43.2 Å². The molecule has 0 bridgehead atoms. The van der Waals surface area contributed by atoms with Crippen LogP contribution in [0.15, 0.2) is 48.4 Å². The molecule has 12 heteroatoms. The number of nitro groups is 1. The topological polar surface area (TPSA) is 154 Å². The molecule has 0 fully saturated rings.